The molecule has 0 radical (unpaired) electrons. The van der Waals surface area contributed by atoms with Crippen molar-refractivity contribution in [2.45, 2.75) is 32.1 Å². The second kappa shape index (κ2) is 7.34. The summed E-state index contributed by atoms with van der Waals surface area (Å²) in [5, 5.41) is 0. The summed E-state index contributed by atoms with van der Waals surface area (Å²) in [6.45, 7) is 0. The summed E-state index contributed by atoms with van der Waals surface area (Å²) >= 11 is 0. The average Bonchev–Trinajstić information content (AvgIpc) is 2.52. The van der Waals surface area contributed by atoms with Gasteiger partial charge in [-0.15, -0.1) is 0 Å². The van der Waals surface area contributed by atoms with E-state index in [4.69, 9.17) is 4.84 Å². The number of carbonyl (C=O) groups excluding carboxylic acids is 2. The summed E-state index contributed by atoms with van der Waals surface area (Å²) in [4.78, 5) is 27.9. The van der Waals surface area contributed by atoms with Crippen LogP contribution in [0.25, 0.3) is 0 Å². The van der Waals surface area contributed by atoms with Gasteiger partial charge in [-0.25, -0.2) is 4.79 Å². The van der Waals surface area contributed by atoms with E-state index in [2.05, 4.69) is 17.3 Å². The van der Waals surface area contributed by atoms with Crippen molar-refractivity contribution in [3.63, 3.8) is 0 Å². The molecule has 0 bridgehead atoms. The molecule has 20 heavy (non-hydrogen) atoms. The number of hydrogen-bond acceptors (Lipinski definition) is 3. The molecule has 1 aliphatic rings. The standard InChI is InChI=1S/C16H17NO3/c18-15(12-11-13-7-3-1-4-8-13)17-20-16(19)14-9-5-2-6-10-14/h1,3-4,7-8,14H,2,5-6,9-10H2,(H,17,18). The molecule has 0 aromatic heterocycles. The second-order valence-electron chi connectivity index (χ2n) is 4.80. The van der Waals surface area contributed by atoms with Gasteiger partial charge in [0.15, 0.2) is 0 Å². The second-order valence-corrected chi connectivity index (χ2v) is 4.80. The van der Waals surface area contributed by atoms with Crippen LogP contribution in [0.3, 0.4) is 0 Å². The summed E-state index contributed by atoms with van der Waals surface area (Å²) in [7, 11) is 0. The van der Waals surface area contributed by atoms with Gasteiger partial charge >= 0.3 is 11.9 Å². The molecule has 1 aliphatic carbocycles. The predicted molar refractivity (Wildman–Crippen MR) is 74.1 cm³/mol. The van der Waals surface area contributed by atoms with Crippen LogP contribution < -0.4 is 5.48 Å². The summed E-state index contributed by atoms with van der Waals surface area (Å²) in [5.41, 5.74) is 2.83. The third-order valence-electron chi connectivity index (χ3n) is 3.28. The maximum Gasteiger partial charge on any atom is 0.335 e. The minimum atomic E-state index is -0.613. The van der Waals surface area contributed by atoms with E-state index in [0.717, 1.165) is 31.2 Å². The Labute approximate surface area is 118 Å². The van der Waals surface area contributed by atoms with E-state index in [0.29, 0.717) is 0 Å². The molecular formula is C16H17NO3. The van der Waals surface area contributed by atoms with Gasteiger partial charge in [-0.05, 0) is 25.0 Å². The Morgan fingerprint density at radius 2 is 1.80 bits per heavy atom. The van der Waals surface area contributed by atoms with Crippen LogP contribution in [-0.4, -0.2) is 11.9 Å². The van der Waals surface area contributed by atoms with Crippen LogP contribution in [0.15, 0.2) is 30.3 Å². The van der Waals surface area contributed by atoms with Crippen molar-refractivity contribution in [3.05, 3.63) is 35.9 Å². The van der Waals surface area contributed by atoms with Crippen LogP contribution in [0.5, 0.6) is 0 Å². The third kappa shape index (κ3) is 4.43. The molecule has 0 saturated heterocycles. The van der Waals surface area contributed by atoms with Gasteiger partial charge in [0.1, 0.15) is 0 Å². The SMILES string of the molecule is O=C(C#Cc1ccccc1)NOC(=O)C1CCCCC1. The van der Waals surface area contributed by atoms with E-state index >= 15 is 0 Å². The quantitative estimate of drug-likeness (QED) is 0.629. The first kappa shape index (κ1) is 14.1. The predicted octanol–water partition coefficient (Wildman–Crippen LogP) is 2.19. The van der Waals surface area contributed by atoms with Crippen molar-refractivity contribution < 1.29 is 14.4 Å². The Morgan fingerprint density at radius 1 is 1.10 bits per heavy atom. The van der Waals surface area contributed by atoms with Crippen LogP contribution in [0.1, 0.15) is 37.7 Å². The average molecular weight is 271 g/mol. The minimum Gasteiger partial charge on any atom is -0.340 e. The minimum absolute atomic E-state index is 0.0915. The zero-order valence-corrected chi connectivity index (χ0v) is 11.2. The van der Waals surface area contributed by atoms with Gasteiger partial charge in [0.2, 0.25) is 0 Å². The Kier molecular flexibility index (Phi) is 5.19. The number of nitrogens with one attached hydrogen (secondary N) is 1. The fourth-order valence-electron chi connectivity index (χ4n) is 2.19. The molecule has 4 nitrogen and oxygen atoms in total. The molecule has 1 aromatic rings. The molecule has 0 aliphatic heterocycles. The molecule has 1 amide bonds. The molecule has 1 fully saturated rings. The van der Waals surface area contributed by atoms with Crippen LogP contribution in [0.2, 0.25) is 0 Å². The summed E-state index contributed by atoms with van der Waals surface area (Å²) < 4.78 is 0. The number of rotatable bonds is 1. The topological polar surface area (TPSA) is 55.4 Å². The molecule has 0 heterocycles. The number of benzene rings is 1. The maximum absolute atomic E-state index is 11.7. The van der Waals surface area contributed by atoms with Crippen LogP contribution in [0.4, 0.5) is 0 Å². The van der Waals surface area contributed by atoms with Gasteiger partial charge in [0.05, 0.1) is 5.92 Å². The molecule has 0 atom stereocenters. The van der Waals surface area contributed by atoms with E-state index in [1.807, 2.05) is 18.2 Å². The van der Waals surface area contributed by atoms with E-state index in [-0.39, 0.29) is 11.9 Å². The number of hydroxylamine groups is 1. The lowest BCUT2D eigenvalue weighted by Crippen LogP contribution is -2.30. The first-order valence-corrected chi connectivity index (χ1v) is 6.83. The number of hydrogen-bond donors (Lipinski definition) is 1. The van der Waals surface area contributed by atoms with Gasteiger partial charge < -0.3 is 4.84 Å². The Bertz CT molecular complexity index is 522. The lowest BCUT2D eigenvalue weighted by molar-refractivity contribution is -0.161. The zero-order chi connectivity index (χ0) is 14.2. The van der Waals surface area contributed by atoms with Crippen LogP contribution in [-0.2, 0) is 14.4 Å². The number of amides is 1. The highest BCUT2D eigenvalue weighted by molar-refractivity contribution is 5.94. The van der Waals surface area contributed by atoms with Gasteiger partial charge in [-0.1, -0.05) is 43.4 Å². The van der Waals surface area contributed by atoms with Crippen molar-refractivity contribution in [2.75, 3.05) is 0 Å². The summed E-state index contributed by atoms with van der Waals surface area (Å²) in [5.74, 6) is 4.01. The highest BCUT2D eigenvalue weighted by Gasteiger charge is 2.23. The van der Waals surface area contributed by atoms with Gasteiger partial charge in [-0.2, -0.15) is 5.48 Å². The van der Waals surface area contributed by atoms with Gasteiger partial charge in [-0.3, -0.25) is 4.79 Å². The summed E-state index contributed by atoms with van der Waals surface area (Å²) in [6, 6.07) is 9.15. The summed E-state index contributed by atoms with van der Waals surface area (Å²) in [6.07, 6.45) is 4.93. The Balaban J connectivity index is 1.78. The molecule has 2 rings (SSSR count). The van der Waals surface area contributed by atoms with E-state index in [1.54, 1.807) is 12.1 Å². The van der Waals surface area contributed by atoms with Crippen molar-refractivity contribution in [2.24, 2.45) is 5.92 Å². The fourth-order valence-corrected chi connectivity index (χ4v) is 2.19. The number of carbonyl (C=O) groups is 2. The maximum atomic E-state index is 11.7. The smallest absolute Gasteiger partial charge is 0.335 e. The van der Waals surface area contributed by atoms with Gasteiger partial charge in [0, 0.05) is 11.5 Å². The highest BCUT2D eigenvalue weighted by Crippen LogP contribution is 2.24. The van der Waals surface area contributed by atoms with Crippen molar-refractivity contribution in [1.29, 1.82) is 0 Å². The molecular weight excluding hydrogens is 254 g/mol. The van der Waals surface area contributed by atoms with E-state index in [1.165, 1.54) is 6.42 Å². The molecule has 1 saturated carbocycles. The first-order chi connectivity index (χ1) is 9.75. The van der Waals surface area contributed by atoms with E-state index in [9.17, 15) is 9.59 Å². The Morgan fingerprint density at radius 3 is 2.50 bits per heavy atom. The molecule has 104 valence electrons. The highest BCUT2D eigenvalue weighted by atomic mass is 16.7. The van der Waals surface area contributed by atoms with Crippen LogP contribution >= 0.6 is 0 Å². The monoisotopic (exact) mass is 271 g/mol. The van der Waals surface area contributed by atoms with E-state index < -0.39 is 5.91 Å². The normalized spacial score (nSPS) is 14.8. The molecule has 1 N–H and O–H groups in total. The molecule has 1 aromatic carbocycles. The molecule has 4 heteroatoms. The van der Waals surface area contributed by atoms with Gasteiger partial charge in [0.25, 0.3) is 0 Å². The first-order valence-electron chi connectivity index (χ1n) is 6.83. The van der Waals surface area contributed by atoms with Crippen molar-refractivity contribution in [3.8, 4) is 11.8 Å². The fraction of sp³-hybridized carbons (Fsp3) is 0.375. The largest absolute Gasteiger partial charge is 0.340 e. The zero-order valence-electron chi connectivity index (χ0n) is 11.2. The third-order valence-corrected chi connectivity index (χ3v) is 3.28. The molecule has 0 unspecified atom stereocenters. The Hall–Kier alpha value is -2.28. The van der Waals surface area contributed by atoms with Crippen LogP contribution in [0, 0.1) is 17.8 Å². The van der Waals surface area contributed by atoms with Crippen molar-refractivity contribution in [1.82, 2.24) is 5.48 Å². The lowest BCUT2D eigenvalue weighted by Gasteiger charge is -2.18. The molecule has 0 spiro atoms. The lowest BCUT2D eigenvalue weighted by atomic mass is 9.89. The van der Waals surface area contributed by atoms with Crippen molar-refractivity contribution >= 4 is 11.9 Å².